The lowest BCUT2D eigenvalue weighted by molar-refractivity contribution is -0.118. The summed E-state index contributed by atoms with van der Waals surface area (Å²) in [7, 11) is 2.91. The minimum atomic E-state index is -0.515. The number of hydrogen-bond acceptors (Lipinski definition) is 5. The molecule has 3 rings (SSSR count). The fourth-order valence-corrected chi connectivity index (χ4v) is 2.81. The highest BCUT2D eigenvalue weighted by molar-refractivity contribution is 6.01. The fraction of sp³-hybridized carbons (Fsp3) is 0.263. The Morgan fingerprint density at radius 1 is 1.19 bits per heavy atom. The summed E-state index contributed by atoms with van der Waals surface area (Å²) in [5, 5.41) is 2.90. The van der Waals surface area contributed by atoms with Gasteiger partial charge in [0.1, 0.15) is 11.1 Å². The summed E-state index contributed by atoms with van der Waals surface area (Å²) in [5.74, 6) is 0.169. The topological polar surface area (TPSA) is 95.2 Å². The van der Waals surface area contributed by atoms with Crippen molar-refractivity contribution in [2.75, 3.05) is 11.9 Å². The molecule has 27 heavy (non-hydrogen) atoms. The largest absolute Gasteiger partial charge is 0.484 e. The zero-order chi connectivity index (χ0) is 19.7. The van der Waals surface area contributed by atoms with Gasteiger partial charge in [-0.15, -0.1) is 0 Å². The van der Waals surface area contributed by atoms with Crippen molar-refractivity contribution in [3.8, 4) is 5.75 Å². The van der Waals surface area contributed by atoms with Crippen molar-refractivity contribution in [1.29, 1.82) is 0 Å². The molecule has 3 aromatic rings. The first kappa shape index (κ1) is 18.4. The molecule has 2 aromatic heterocycles. The van der Waals surface area contributed by atoms with E-state index in [1.807, 2.05) is 25.1 Å². The van der Waals surface area contributed by atoms with Gasteiger partial charge in [-0.25, -0.2) is 9.78 Å². The van der Waals surface area contributed by atoms with Gasteiger partial charge in [-0.1, -0.05) is 12.1 Å². The maximum atomic E-state index is 12.6. The minimum absolute atomic E-state index is 0.184. The van der Waals surface area contributed by atoms with Crippen molar-refractivity contribution < 1.29 is 9.53 Å². The molecule has 1 aromatic carbocycles. The molecule has 0 spiro atoms. The van der Waals surface area contributed by atoms with E-state index < -0.39 is 17.2 Å². The summed E-state index contributed by atoms with van der Waals surface area (Å²) in [4.78, 5) is 41.2. The zero-order valence-corrected chi connectivity index (χ0v) is 15.6. The van der Waals surface area contributed by atoms with Crippen LogP contribution >= 0.6 is 0 Å². The Kier molecular flexibility index (Phi) is 4.81. The van der Waals surface area contributed by atoms with Crippen molar-refractivity contribution in [2.24, 2.45) is 14.1 Å². The Bertz CT molecular complexity index is 1160. The first-order chi connectivity index (χ1) is 12.8. The van der Waals surface area contributed by atoms with E-state index in [4.69, 9.17) is 4.74 Å². The van der Waals surface area contributed by atoms with Crippen LogP contribution in [-0.4, -0.2) is 26.6 Å². The number of pyridine rings is 1. The molecule has 8 heteroatoms. The summed E-state index contributed by atoms with van der Waals surface area (Å²) < 4.78 is 7.76. The number of anilines is 1. The maximum absolute atomic E-state index is 12.6. The maximum Gasteiger partial charge on any atom is 0.332 e. The van der Waals surface area contributed by atoms with E-state index >= 15 is 0 Å². The molecule has 0 saturated heterocycles. The monoisotopic (exact) mass is 368 g/mol. The van der Waals surface area contributed by atoms with Crippen LogP contribution in [0.5, 0.6) is 5.75 Å². The summed E-state index contributed by atoms with van der Waals surface area (Å²) in [5.41, 5.74) is 1.18. The lowest BCUT2D eigenvalue weighted by Gasteiger charge is -2.14. The second-order valence-electron chi connectivity index (χ2n) is 6.37. The molecule has 1 N–H and O–H groups in total. The predicted molar refractivity (Wildman–Crippen MR) is 102 cm³/mol. The molecular formula is C19H20N4O4. The Hall–Kier alpha value is -3.42. The van der Waals surface area contributed by atoms with E-state index in [-0.39, 0.29) is 17.6 Å². The van der Waals surface area contributed by atoms with Gasteiger partial charge in [-0.2, -0.15) is 0 Å². The number of carbonyl (C=O) groups is 1. The quantitative estimate of drug-likeness (QED) is 0.748. The molecular weight excluding hydrogens is 348 g/mol. The van der Waals surface area contributed by atoms with Crippen molar-refractivity contribution in [3.05, 3.63) is 62.4 Å². The average Bonchev–Trinajstić information content (AvgIpc) is 2.64. The third-order valence-corrected chi connectivity index (χ3v) is 4.28. The number of amides is 1. The number of nitrogens with one attached hydrogen (secondary N) is 1. The number of aryl methyl sites for hydroxylation is 3. The standard InChI is InChI=1S/C19H20N4O4/c1-11-6-5-7-13(8-11)27-10-14(24)21-16-12(2)9-20-17-15(16)18(25)23(4)19(26)22(17)3/h5-9H,10H2,1-4H3,(H,20,21,24). The predicted octanol–water partition coefficient (Wildman–Crippen LogP) is 1.27. The zero-order valence-electron chi connectivity index (χ0n) is 15.6. The van der Waals surface area contributed by atoms with Crippen LogP contribution in [-0.2, 0) is 18.9 Å². The van der Waals surface area contributed by atoms with Crippen molar-refractivity contribution in [2.45, 2.75) is 13.8 Å². The van der Waals surface area contributed by atoms with Gasteiger partial charge in [0, 0.05) is 20.3 Å². The lowest BCUT2D eigenvalue weighted by atomic mass is 10.2. The minimum Gasteiger partial charge on any atom is -0.484 e. The van der Waals surface area contributed by atoms with Gasteiger partial charge in [0.25, 0.3) is 11.5 Å². The summed E-state index contributed by atoms with van der Waals surface area (Å²) in [6.07, 6.45) is 1.51. The van der Waals surface area contributed by atoms with Crippen LogP contribution < -0.4 is 21.3 Å². The van der Waals surface area contributed by atoms with Crippen LogP contribution in [0.15, 0.2) is 40.1 Å². The highest BCUT2D eigenvalue weighted by atomic mass is 16.5. The van der Waals surface area contributed by atoms with Crippen LogP contribution in [0.2, 0.25) is 0 Å². The van der Waals surface area contributed by atoms with Crippen LogP contribution in [0.1, 0.15) is 11.1 Å². The number of nitrogens with zero attached hydrogens (tertiary/aromatic N) is 3. The molecule has 8 nitrogen and oxygen atoms in total. The van der Waals surface area contributed by atoms with Gasteiger partial charge in [0.2, 0.25) is 0 Å². The van der Waals surface area contributed by atoms with Crippen LogP contribution in [0, 0.1) is 13.8 Å². The fourth-order valence-electron chi connectivity index (χ4n) is 2.81. The third kappa shape index (κ3) is 3.46. The first-order valence-corrected chi connectivity index (χ1v) is 8.34. The Labute approximate surface area is 155 Å². The summed E-state index contributed by atoms with van der Waals surface area (Å²) >= 11 is 0. The van der Waals surface area contributed by atoms with E-state index in [0.717, 1.165) is 10.1 Å². The molecule has 0 aliphatic carbocycles. The molecule has 1 amide bonds. The smallest absolute Gasteiger partial charge is 0.332 e. The van der Waals surface area contributed by atoms with Gasteiger partial charge in [0.05, 0.1) is 5.69 Å². The van der Waals surface area contributed by atoms with Crippen LogP contribution in [0.4, 0.5) is 5.69 Å². The van der Waals surface area contributed by atoms with E-state index in [1.165, 1.54) is 24.9 Å². The van der Waals surface area contributed by atoms with Crippen molar-refractivity contribution in [1.82, 2.24) is 14.1 Å². The molecule has 0 fully saturated rings. The molecule has 0 aliphatic rings. The second kappa shape index (κ2) is 7.06. The molecule has 0 unspecified atom stereocenters. The van der Waals surface area contributed by atoms with E-state index in [0.29, 0.717) is 17.0 Å². The molecule has 140 valence electrons. The van der Waals surface area contributed by atoms with E-state index in [2.05, 4.69) is 10.3 Å². The SMILES string of the molecule is Cc1cccc(OCC(=O)Nc2c(C)cnc3c2c(=O)n(C)c(=O)n3C)c1. The number of ether oxygens (including phenoxy) is 1. The molecule has 2 heterocycles. The molecule has 0 radical (unpaired) electrons. The Balaban J connectivity index is 1.94. The van der Waals surface area contributed by atoms with Crippen LogP contribution in [0.3, 0.4) is 0 Å². The average molecular weight is 368 g/mol. The number of aromatic nitrogens is 3. The lowest BCUT2D eigenvalue weighted by Crippen LogP contribution is -2.38. The highest BCUT2D eigenvalue weighted by Crippen LogP contribution is 2.21. The number of fused-ring (bicyclic) bond motifs is 1. The molecule has 0 aliphatic heterocycles. The van der Waals surface area contributed by atoms with Gasteiger partial charge in [-0.3, -0.25) is 18.7 Å². The molecule has 0 bridgehead atoms. The first-order valence-electron chi connectivity index (χ1n) is 8.34. The van der Waals surface area contributed by atoms with Crippen molar-refractivity contribution >= 4 is 22.6 Å². The van der Waals surface area contributed by atoms with Crippen molar-refractivity contribution in [3.63, 3.8) is 0 Å². The number of rotatable bonds is 4. The second-order valence-corrected chi connectivity index (χ2v) is 6.37. The van der Waals surface area contributed by atoms with Gasteiger partial charge < -0.3 is 10.1 Å². The number of benzene rings is 1. The Morgan fingerprint density at radius 3 is 2.63 bits per heavy atom. The van der Waals surface area contributed by atoms with E-state index in [9.17, 15) is 14.4 Å². The summed E-state index contributed by atoms with van der Waals surface area (Å²) in [6.45, 7) is 3.45. The molecule has 0 saturated carbocycles. The third-order valence-electron chi connectivity index (χ3n) is 4.28. The normalized spacial score (nSPS) is 10.8. The van der Waals surface area contributed by atoms with Crippen LogP contribution in [0.25, 0.3) is 11.0 Å². The molecule has 0 atom stereocenters. The number of carbonyl (C=O) groups excluding carboxylic acids is 1. The van der Waals surface area contributed by atoms with Gasteiger partial charge >= 0.3 is 5.69 Å². The Morgan fingerprint density at radius 2 is 1.93 bits per heavy atom. The van der Waals surface area contributed by atoms with Gasteiger partial charge in [-0.05, 0) is 37.1 Å². The summed E-state index contributed by atoms with van der Waals surface area (Å²) in [6, 6.07) is 7.36. The number of hydrogen-bond donors (Lipinski definition) is 1. The van der Waals surface area contributed by atoms with E-state index in [1.54, 1.807) is 13.0 Å². The highest BCUT2D eigenvalue weighted by Gasteiger charge is 2.17. The van der Waals surface area contributed by atoms with Gasteiger partial charge in [0.15, 0.2) is 12.3 Å².